The zero-order valence-electron chi connectivity index (χ0n) is 8.88. The van der Waals surface area contributed by atoms with Crippen molar-refractivity contribution in [3.8, 4) is 0 Å². The summed E-state index contributed by atoms with van der Waals surface area (Å²) in [6, 6.07) is 12.8. The molecule has 1 nitrogen and oxygen atoms in total. The first-order valence-corrected chi connectivity index (χ1v) is 6.54. The van der Waals surface area contributed by atoms with Crippen LogP contribution >= 0.6 is 34.2 Å². The van der Waals surface area contributed by atoms with Gasteiger partial charge in [0.05, 0.1) is 5.02 Å². The molecule has 0 fully saturated rings. The Morgan fingerprint density at radius 2 is 1.82 bits per heavy atom. The van der Waals surface area contributed by atoms with Crippen LogP contribution in [0.1, 0.15) is 5.56 Å². The fourth-order valence-corrected chi connectivity index (χ4v) is 1.98. The predicted octanol–water partition coefficient (Wildman–Crippen LogP) is 4.70. The molecule has 17 heavy (non-hydrogen) atoms. The molecular formula is C13H10ClFIN. The third-order valence-corrected chi connectivity index (χ3v) is 3.33. The second-order valence-electron chi connectivity index (χ2n) is 3.61. The summed E-state index contributed by atoms with van der Waals surface area (Å²) in [5.41, 5.74) is 1.99. The zero-order valence-corrected chi connectivity index (χ0v) is 11.8. The predicted molar refractivity (Wildman–Crippen MR) is 77.9 cm³/mol. The lowest BCUT2D eigenvalue weighted by atomic mass is 10.2. The highest BCUT2D eigenvalue weighted by Crippen LogP contribution is 2.17. The van der Waals surface area contributed by atoms with Gasteiger partial charge in [0.25, 0.3) is 0 Å². The van der Waals surface area contributed by atoms with Gasteiger partial charge in [-0.3, -0.25) is 0 Å². The second-order valence-corrected chi connectivity index (χ2v) is 5.26. The van der Waals surface area contributed by atoms with Crippen molar-refractivity contribution in [2.75, 3.05) is 5.32 Å². The largest absolute Gasteiger partial charge is 0.381 e. The van der Waals surface area contributed by atoms with Crippen LogP contribution in [-0.4, -0.2) is 0 Å². The number of rotatable bonds is 3. The lowest BCUT2D eigenvalue weighted by Crippen LogP contribution is -1.99. The molecule has 2 aromatic rings. The van der Waals surface area contributed by atoms with E-state index in [0.717, 1.165) is 11.3 Å². The summed E-state index contributed by atoms with van der Waals surface area (Å²) in [6.45, 7) is 0.626. The Hall–Kier alpha value is -0.810. The second kappa shape index (κ2) is 5.69. The average Bonchev–Trinajstić information content (AvgIpc) is 2.33. The Kier molecular flexibility index (Phi) is 4.23. The molecule has 2 aromatic carbocycles. The quantitative estimate of drug-likeness (QED) is 0.782. The maximum atomic E-state index is 13.0. The molecular weight excluding hydrogens is 352 g/mol. The summed E-state index contributed by atoms with van der Waals surface area (Å²) in [6.07, 6.45) is 0. The SMILES string of the molecule is Fc1ccc(CNc2ccc(I)cc2)cc1Cl. The van der Waals surface area contributed by atoms with Crippen molar-refractivity contribution in [1.29, 1.82) is 0 Å². The Bertz CT molecular complexity index is 513. The van der Waals surface area contributed by atoms with Crippen LogP contribution in [0.5, 0.6) is 0 Å². The highest BCUT2D eigenvalue weighted by Gasteiger charge is 2.00. The summed E-state index contributed by atoms with van der Waals surface area (Å²) >= 11 is 7.97. The number of hydrogen-bond acceptors (Lipinski definition) is 1. The van der Waals surface area contributed by atoms with Gasteiger partial charge in [0.1, 0.15) is 5.82 Å². The molecule has 0 bridgehead atoms. The van der Waals surface area contributed by atoms with E-state index in [-0.39, 0.29) is 10.8 Å². The van der Waals surface area contributed by atoms with E-state index in [1.807, 2.05) is 24.3 Å². The molecule has 0 aliphatic heterocycles. The minimum absolute atomic E-state index is 0.159. The van der Waals surface area contributed by atoms with Crippen molar-refractivity contribution < 1.29 is 4.39 Å². The van der Waals surface area contributed by atoms with Gasteiger partial charge in [0, 0.05) is 15.8 Å². The van der Waals surface area contributed by atoms with Gasteiger partial charge in [-0.15, -0.1) is 0 Å². The molecule has 1 N–H and O–H groups in total. The molecule has 2 rings (SSSR count). The lowest BCUT2D eigenvalue weighted by molar-refractivity contribution is 0.627. The van der Waals surface area contributed by atoms with Crippen LogP contribution in [-0.2, 0) is 6.54 Å². The van der Waals surface area contributed by atoms with E-state index < -0.39 is 0 Å². The smallest absolute Gasteiger partial charge is 0.141 e. The fourth-order valence-electron chi connectivity index (χ4n) is 1.42. The molecule has 4 heteroatoms. The van der Waals surface area contributed by atoms with E-state index in [4.69, 9.17) is 11.6 Å². The van der Waals surface area contributed by atoms with Gasteiger partial charge in [0.2, 0.25) is 0 Å². The first kappa shape index (κ1) is 12.6. The molecule has 0 heterocycles. The highest BCUT2D eigenvalue weighted by atomic mass is 127. The Balaban J connectivity index is 2.02. The van der Waals surface area contributed by atoms with Crippen LogP contribution < -0.4 is 5.32 Å². The number of halogens is 3. The normalized spacial score (nSPS) is 10.3. The molecule has 0 radical (unpaired) electrons. The van der Waals surface area contributed by atoms with Crippen LogP contribution in [0.15, 0.2) is 42.5 Å². The molecule has 0 aromatic heterocycles. The van der Waals surface area contributed by atoms with Gasteiger partial charge in [-0.05, 0) is 64.6 Å². The van der Waals surface area contributed by atoms with Gasteiger partial charge < -0.3 is 5.32 Å². The van der Waals surface area contributed by atoms with E-state index in [1.54, 1.807) is 12.1 Å². The van der Waals surface area contributed by atoms with Crippen LogP contribution in [0.2, 0.25) is 5.02 Å². The molecule has 0 aliphatic carbocycles. The van der Waals surface area contributed by atoms with Crippen LogP contribution in [0.25, 0.3) is 0 Å². The van der Waals surface area contributed by atoms with E-state index in [2.05, 4.69) is 27.9 Å². The van der Waals surface area contributed by atoms with E-state index in [9.17, 15) is 4.39 Å². The lowest BCUT2D eigenvalue weighted by Gasteiger charge is -2.07. The van der Waals surface area contributed by atoms with Crippen molar-refractivity contribution >= 4 is 39.9 Å². The fraction of sp³-hybridized carbons (Fsp3) is 0.0769. The molecule has 0 amide bonds. The third kappa shape index (κ3) is 3.57. The highest BCUT2D eigenvalue weighted by molar-refractivity contribution is 14.1. The third-order valence-electron chi connectivity index (χ3n) is 2.32. The minimum Gasteiger partial charge on any atom is -0.381 e. The Labute approximate surface area is 118 Å². The Morgan fingerprint density at radius 1 is 1.12 bits per heavy atom. The maximum Gasteiger partial charge on any atom is 0.141 e. The monoisotopic (exact) mass is 361 g/mol. The topological polar surface area (TPSA) is 12.0 Å². The van der Waals surface area contributed by atoms with Crippen LogP contribution in [0.3, 0.4) is 0 Å². The average molecular weight is 362 g/mol. The summed E-state index contributed by atoms with van der Waals surface area (Å²) in [5, 5.41) is 3.41. The first-order valence-electron chi connectivity index (χ1n) is 5.08. The van der Waals surface area contributed by atoms with E-state index >= 15 is 0 Å². The van der Waals surface area contributed by atoms with E-state index in [1.165, 1.54) is 9.64 Å². The molecule has 88 valence electrons. The van der Waals surface area contributed by atoms with Gasteiger partial charge >= 0.3 is 0 Å². The van der Waals surface area contributed by atoms with Gasteiger partial charge in [-0.25, -0.2) is 4.39 Å². The van der Waals surface area contributed by atoms with Crippen molar-refractivity contribution in [3.63, 3.8) is 0 Å². The minimum atomic E-state index is -0.385. The zero-order chi connectivity index (χ0) is 12.3. The summed E-state index contributed by atoms with van der Waals surface area (Å²) in [4.78, 5) is 0. The van der Waals surface area contributed by atoms with Gasteiger partial charge in [0.15, 0.2) is 0 Å². The number of anilines is 1. The maximum absolute atomic E-state index is 13.0. The molecule has 0 spiro atoms. The molecule has 0 saturated carbocycles. The van der Waals surface area contributed by atoms with Crippen molar-refractivity contribution in [2.24, 2.45) is 0 Å². The standard InChI is InChI=1S/C13H10ClFIN/c14-12-7-9(1-6-13(12)15)8-17-11-4-2-10(16)3-5-11/h1-7,17H,8H2. The van der Waals surface area contributed by atoms with Crippen molar-refractivity contribution in [2.45, 2.75) is 6.54 Å². The molecule has 0 saturated heterocycles. The van der Waals surface area contributed by atoms with E-state index in [0.29, 0.717) is 6.54 Å². The van der Waals surface area contributed by atoms with Crippen molar-refractivity contribution in [3.05, 3.63) is 62.4 Å². The number of benzene rings is 2. The Morgan fingerprint density at radius 3 is 2.47 bits per heavy atom. The molecule has 0 atom stereocenters. The summed E-state index contributed by atoms with van der Waals surface area (Å²) < 4.78 is 14.1. The summed E-state index contributed by atoms with van der Waals surface area (Å²) in [5.74, 6) is -0.385. The van der Waals surface area contributed by atoms with Crippen LogP contribution in [0, 0.1) is 9.39 Å². The van der Waals surface area contributed by atoms with Crippen LogP contribution in [0.4, 0.5) is 10.1 Å². The van der Waals surface area contributed by atoms with Gasteiger partial charge in [-0.2, -0.15) is 0 Å². The number of hydrogen-bond donors (Lipinski definition) is 1. The summed E-state index contributed by atoms with van der Waals surface area (Å²) in [7, 11) is 0. The molecule has 0 unspecified atom stereocenters. The number of nitrogens with one attached hydrogen (secondary N) is 1. The first-order chi connectivity index (χ1) is 8.15. The molecule has 0 aliphatic rings. The van der Waals surface area contributed by atoms with Gasteiger partial charge in [-0.1, -0.05) is 17.7 Å². The van der Waals surface area contributed by atoms with Crippen molar-refractivity contribution in [1.82, 2.24) is 0 Å².